The van der Waals surface area contributed by atoms with E-state index in [0.29, 0.717) is 0 Å². The van der Waals surface area contributed by atoms with Crippen molar-refractivity contribution >= 4 is 91.3 Å². The van der Waals surface area contributed by atoms with Gasteiger partial charge in [0.2, 0.25) is 0 Å². The van der Waals surface area contributed by atoms with Crippen molar-refractivity contribution in [2.45, 2.75) is 31.7 Å². The zero-order valence-corrected chi connectivity index (χ0v) is 33.1. The van der Waals surface area contributed by atoms with Gasteiger partial charge in [-0.2, -0.15) is 0 Å². The number of nitrogens with zero attached hydrogens (tertiary/aromatic N) is 2. The third kappa shape index (κ3) is 5.27. The molecule has 0 saturated carbocycles. The zero-order valence-electron chi connectivity index (χ0n) is 32.3. The van der Waals surface area contributed by atoms with E-state index in [1.165, 1.54) is 102 Å². The van der Waals surface area contributed by atoms with Crippen LogP contribution in [0.5, 0.6) is 0 Å². The molecule has 3 atom stereocenters. The Balaban J connectivity index is 1.07. The summed E-state index contributed by atoms with van der Waals surface area (Å²) in [5.74, 6) is 0.443. The van der Waals surface area contributed by atoms with Gasteiger partial charge in [-0.1, -0.05) is 146 Å². The zero-order chi connectivity index (χ0) is 38.3. The molecule has 2 unspecified atom stereocenters. The SMILES string of the molecule is C[C@@H]1C(c2ccccc2)=NC(c2ccc3c(ccc4ccccc43)c2)CCC1c1cc(-n2c3ccccc3c3cc4ccccc4cc32)cc2sc3ccccc3c12. The van der Waals surface area contributed by atoms with Gasteiger partial charge >= 0.3 is 0 Å². The first-order valence-corrected chi connectivity index (χ1v) is 21.4. The van der Waals surface area contributed by atoms with Crippen molar-refractivity contribution in [3.05, 3.63) is 199 Å². The fourth-order valence-electron chi connectivity index (χ4n) is 10.2. The lowest BCUT2D eigenvalue weighted by Crippen LogP contribution is -2.20. The van der Waals surface area contributed by atoms with Crippen molar-refractivity contribution in [3.63, 3.8) is 0 Å². The van der Waals surface area contributed by atoms with Crippen LogP contribution in [-0.2, 0) is 0 Å². The molecule has 58 heavy (non-hydrogen) atoms. The van der Waals surface area contributed by atoms with Crippen molar-refractivity contribution in [2.75, 3.05) is 0 Å². The first-order chi connectivity index (χ1) is 28.7. The highest BCUT2D eigenvalue weighted by Gasteiger charge is 2.32. The van der Waals surface area contributed by atoms with Crippen LogP contribution >= 0.6 is 11.3 Å². The number of rotatable bonds is 4. The van der Waals surface area contributed by atoms with Gasteiger partial charge in [0.05, 0.1) is 17.1 Å². The molecule has 1 aliphatic rings. The molecule has 0 aliphatic carbocycles. The molecule has 3 heterocycles. The minimum Gasteiger partial charge on any atom is -0.309 e. The van der Waals surface area contributed by atoms with Gasteiger partial charge in [-0.05, 0) is 110 Å². The van der Waals surface area contributed by atoms with Crippen LogP contribution in [0.2, 0.25) is 0 Å². The number of para-hydroxylation sites is 1. The predicted octanol–water partition coefficient (Wildman–Crippen LogP) is 15.4. The molecule has 0 amide bonds. The third-order valence-corrected chi connectivity index (χ3v) is 14.1. The molecule has 9 aromatic carbocycles. The fraction of sp³-hybridized carbons (Fsp3) is 0.109. The van der Waals surface area contributed by atoms with Crippen molar-refractivity contribution in [1.29, 1.82) is 0 Å². The number of hydrogen-bond donors (Lipinski definition) is 0. The maximum atomic E-state index is 5.77. The van der Waals surface area contributed by atoms with E-state index in [1.807, 2.05) is 11.3 Å². The number of aromatic nitrogens is 1. The second kappa shape index (κ2) is 13.3. The Kier molecular flexibility index (Phi) is 7.68. The van der Waals surface area contributed by atoms with Crippen LogP contribution in [0.1, 0.15) is 48.4 Å². The number of aliphatic imine (C=N–C) groups is 1. The molecule has 0 N–H and O–H groups in total. The van der Waals surface area contributed by atoms with E-state index >= 15 is 0 Å². The average molecular weight is 761 g/mol. The number of fused-ring (bicyclic) bond motifs is 10. The van der Waals surface area contributed by atoms with Crippen molar-refractivity contribution in [3.8, 4) is 5.69 Å². The van der Waals surface area contributed by atoms with E-state index in [-0.39, 0.29) is 17.9 Å². The Hall–Kier alpha value is -6.55. The molecule has 12 rings (SSSR count). The van der Waals surface area contributed by atoms with E-state index in [9.17, 15) is 0 Å². The number of hydrogen-bond acceptors (Lipinski definition) is 2. The molecule has 1 aliphatic heterocycles. The van der Waals surface area contributed by atoms with E-state index in [2.05, 4.69) is 193 Å². The molecule has 0 radical (unpaired) electrons. The van der Waals surface area contributed by atoms with Crippen LogP contribution in [0, 0.1) is 5.92 Å². The summed E-state index contributed by atoms with van der Waals surface area (Å²) in [6.07, 6.45) is 2.00. The Morgan fingerprint density at radius 1 is 0.500 bits per heavy atom. The van der Waals surface area contributed by atoms with Gasteiger partial charge in [-0.3, -0.25) is 4.99 Å². The molecule has 0 fully saturated rings. The van der Waals surface area contributed by atoms with Gasteiger partial charge in [-0.25, -0.2) is 0 Å². The lowest BCUT2D eigenvalue weighted by molar-refractivity contribution is 0.511. The van der Waals surface area contributed by atoms with Gasteiger partial charge in [0.15, 0.2) is 0 Å². The summed E-state index contributed by atoms with van der Waals surface area (Å²) in [4.78, 5) is 5.77. The molecular weight excluding hydrogens is 721 g/mol. The van der Waals surface area contributed by atoms with Gasteiger partial charge in [0.25, 0.3) is 0 Å². The van der Waals surface area contributed by atoms with Crippen LogP contribution in [0.25, 0.3) is 80.0 Å². The van der Waals surface area contributed by atoms with Crippen LogP contribution in [0.15, 0.2) is 187 Å². The standard InChI is InChI=1S/C55H40N2S/c1-34-42(27-28-49(56-55(34)36-14-3-2-4-15-36)40-25-26-44-39(29-40)24-23-35-13-7-8-18-43(35)44)48-32-41(33-53-54(48)46-20-10-12-22-52(46)58-53)57-50-21-11-9-19-45(50)47-30-37-16-5-6-17-38(37)31-51(47)57/h2-26,29-34,42,49H,27-28H2,1H3/t34-,42?,49?/m0/s1. The Bertz CT molecular complexity index is 3440. The van der Waals surface area contributed by atoms with Crippen molar-refractivity contribution in [2.24, 2.45) is 10.9 Å². The van der Waals surface area contributed by atoms with E-state index in [0.717, 1.165) is 12.8 Å². The lowest BCUT2D eigenvalue weighted by atomic mass is 9.78. The van der Waals surface area contributed by atoms with E-state index in [1.54, 1.807) is 0 Å². The smallest absolute Gasteiger partial charge is 0.0753 e. The minimum atomic E-state index is 0.0574. The van der Waals surface area contributed by atoms with Gasteiger partial charge in [-0.15, -0.1) is 11.3 Å². The van der Waals surface area contributed by atoms with E-state index in [4.69, 9.17) is 4.99 Å². The largest absolute Gasteiger partial charge is 0.309 e. The molecule has 11 aromatic rings. The second-order valence-corrected chi connectivity index (χ2v) is 17.3. The molecule has 2 aromatic heterocycles. The van der Waals surface area contributed by atoms with Crippen LogP contribution in [0.4, 0.5) is 0 Å². The Morgan fingerprint density at radius 2 is 1.19 bits per heavy atom. The van der Waals surface area contributed by atoms with Gasteiger partial charge < -0.3 is 4.57 Å². The van der Waals surface area contributed by atoms with Crippen molar-refractivity contribution in [1.82, 2.24) is 4.57 Å². The molecule has 276 valence electrons. The summed E-state index contributed by atoms with van der Waals surface area (Å²) in [5, 5.41) is 13.0. The summed E-state index contributed by atoms with van der Waals surface area (Å²) < 4.78 is 5.21. The summed E-state index contributed by atoms with van der Waals surface area (Å²) >= 11 is 1.92. The van der Waals surface area contributed by atoms with Crippen molar-refractivity contribution < 1.29 is 0 Å². The summed E-state index contributed by atoms with van der Waals surface area (Å²) in [5.41, 5.74) is 8.85. The highest BCUT2D eigenvalue weighted by molar-refractivity contribution is 7.25. The van der Waals surface area contributed by atoms with E-state index < -0.39 is 0 Å². The molecule has 0 bridgehead atoms. The van der Waals surface area contributed by atoms with Crippen LogP contribution in [-0.4, -0.2) is 10.3 Å². The molecule has 2 nitrogen and oxygen atoms in total. The molecular formula is C55H40N2S. The Morgan fingerprint density at radius 3 is 2.05 bits per heavy atom. The average Bonchev–Trinajstić information content (AvgIpc) is 3.75. The predicted molar refractivity (Wildman–Crippen MR) is 249 cm³/mol. The fourth-order valence-corrected chi connectivity index (χ4v) is 11.4. The summed E-state index contributed by atoms with van der Waals surface area (Å²) in [7, 11) is 0. The summed E-state index contributed by atoms with van der Waals surface area (Å²) in [6.45, 7) is 2.44. The van der Waals surface area contributed by atoms with Crippen LogP contribution in [0.3, 0.4) is 0 Å². The summed E-state index contributed by atoms with van der Waals surface area (Å²) in [6, 6.07) is 67.8. The first-order valence-electron chi connectivity index (χ1n) is 20.6. The molecule has 0 spiro atoms. The maximum Gasteiger partial charge on any atom is 0.0753 e. The maximum absolute atomic E-state index is 5.77. The quantitative estimate of drug-likeness (QED) is 0.159. The van der Waals surface area contributed by atoms with Gasteiger partial charge in [0, 0.05) is 48.3 Å². The second-order valence-electron chi connectivity index (χ2n) is 16.2. The molecule has 0 saturated heterocycles. The topological polar surface area (TPSA) is 17.3 Å². The normalized spacial score (nSPS) is 17.5. The highest BCUT2D eigenvalue weighted by Crippen LogP contribution is 2.48. The first kappa shape index (κ1) is 33.6. The highest BCUT2D eigenvalue weighted by atomic mass is 32.1. The third-order valence-electron chi connectivity index (χ3n) is 13.0. The van der Waals surface area contributed by atoms with Crippen LogP contribution < -0.4 is 0 Å². The van der Waals surface area contributed by atoms with Gasteiger partial charge in [0.1, 0.15) is 0 Å². The number of thiophene rings is 1. The monoisotopic (exact) mass is 760 g/mol. The minimum absolute atomic E-state index is 0.0574. The molecule has 3 heteroatoms. The number of benzene rings is 9. The Labute approximate surface area is 341 Å². The lowest BCUT2D eigenvalue weighted by Gasteiger charge is -2.26.